The molecule has 0 aromatic heterocycles. The van der Waals surface area contributed by atoms with Crippen LogP contribution in [0.4, 0.5) is 0 Å². The van der Waals surface area contributed by atoms with Gasteiger partial charge in [0.05, 0.1) is 7.11 Å². The second kappa shape index (κ2) is 5.81. The van der Waals surface area contributed by atoms with Gasteiger partial charge in [-0.25, -0.2) is 0 Å². The first-order valence-electron chi connectivity index (χ1n) is 7.04. The Labute approximate surface area is 123 Å². The van der Waals surface area contributed by atoms with Crippen molar-refractivity contribution >= 4 is 15.9 Å². The molecule has 4 heteroatoms. The van der Waals surface area contributed by atoms with Crippen LogP contribution >= 0.6 is 15.9 Å². The predicted molar refractivity (Wildman–Crippen MR) is 80.5 cm³/mol. The third kappa shape index (κ3) is 2.96. The quantitative estimate of drug-likeness (QED) is 0.925. The number of fused-ring (bicyclic) bond motifs is 1. The molecular weight excluding hydrogens is 304 g/mol. The summed E-state index contributed by atoms with van der Waals surface area (Å²) < 4.78 is 6.59. The first-order valence-corrected chi connectivity index (χ1v) is 7.83. The van der Waals surface area contributed by atoms with Gasteiger partial charge in [0.1, 0.15) is 5.75 Å². The van der Waals surface area contributed by atoms with Crippen molar-refractivity contribution in [3.63, 3.8) is 0 Å². The van der Waals surface area contributed by atoms with Crippen LogP contribution in [0.5, 0.6) is 5.75 Å². The molecule has 3 rings (SSSR count). The van der Waals surface area contributed by atoms with Gasteiger partial charge in [-0.2, -0.15) is 0 Å². The number of nitrogens with zero attached hydrogens (tertiary/aromatic N) is 1. The molecule has 2 aliphatic rings. The summed E-state index contributed by atoms with van der Waals surface area (Å²) in [5, 5.41) is 3.65. The average Bonchev–Trinajstić information content (AvgIpc) is 2.81. The maximum atomic E-state index is 5.47. The summed E-state index contributed by atoms with van der Waals surface area (Å²) in [5.74, 6) is 1.83. The molecule has 0 aliphatic carbocycles. The first-order chi connectivity index (χ1) is 9.26. The van der Waals surface area contributed by atoms with Crippen LogP contribution in [0.15, 0.2) is 22.7 Å². The Morgan fingerprint density at radius 2 is 2.32 bits per heavy atom. The fourth-order valence-electron chi connectivity index (χ4n) is 3.38. The van der Waals surface area contributed by atoms with Crippen LogP contribution in [0.1, 0.15) is 18.4 Å². The lowest BCUT2D eigenvalue weighted by atomic mass is 9.94. The Bertz CT molecular complexity index is 438. The summed E-state index contributed by atoms with van der Waals surface area (Å²) in [6, 6.07) is 6.95. The number of halogens is 1. The fourth-order valence-corrected chi connectivity index (χ4v) is 3.79. The third-order valence-electron chi connectivity index (χ3n) is 4.31. The van der Waals surface area contributed by atoms with Crippen LogP contribution in [-0.2, 0) is 6.54 Å². The molecule has 2 aliphatic heterocycles. The van der Waals surface area contributed by atoms with Crippen molar-refractivity contribution in [2.75, 3.05) is 26.7 Å². The van der Waals surface area contributed by atoms with Crippen molar-refractivity contribution in [2.45, 2.75) is 25.4 Å². The van der Waals surface area contributed by atoms with E-state index in [1.165, 1.54) is 38.0 Å². The Kier molecular flexibility index (Phi) is 4.10. The normalized spacial score (nSPS) is 27.3. The monoisotopic (exact) mass is 324 g/mol. The van der Waals surface area contributed by atoms with Crippen molar-refractivity contribution in [3.05, 3.63) is 28.2 Å². The number of rotatable bonds is 3. The molecular formula is C15H21BrN2O. The second-order valence-corrected chi connectivity index (χ2v) is 6.53. The number of hydrogen-bond donors (Lipinski definition) is 1. The highest BCUT2D eigenvalue weighted by Gasteiger charge is 2.34. The lowest BCUT2D eigenvalue weighted by molar-refractivity contribution is 0.305. The Morgan fingerprint density at radius 3 is 3.11 bits per heavy atom. The summed E-state index contributed by atoms with van der Waals surface area (Å²) >= 11 is 3.55. The minimum atomic E-state index is 0.701. The highest BCUT2D eigenvalue weighted by Crippen LogP contribution is 2.29. The molecule has 2 fully saturated rings. The number of piperidine rings is 1. The number of nitrogens with one attached hydrogen (secondary N) is 1. The Morgan fingerprint density at radius 1 is 1.42 bits per heavy atom. The molecule has 104 valence electrons. The largest absolute Gasteiger partial charge is 0.496 e. The summed E-state index contributed by atoms with van der Waals surface area (Å²) in [4.78, 5) is 2.55. The molecule has 2 saturated heterocycles. The van der Waals surface area contributed by atoms with Gasteiger partial charge in [-0.3, -0.25) is 4.90 Å². The van der Waals surface area contributed by atoms with Crippen molar-refractivity contribution in [1.82, 2.24) is 10.2 Å². The SMILES string of the molecule is COc1ccc(Br)cc1CN1CC2CCCNC2C1. The van der Waals surface area contributed by atoms with Gasteiger partial charge in [-0.05, 0) is 43.5 Å². The number of likely N-dealkylation sites (tertiary alicyclic amines) is 1. The second-order valence-electron chi connectivity index (χ2n) is 5.61. The molecule has 0 saturated carbocycles. The topological polar surface area (TPSA) is 24.5 Å². The van der Waals surface area contributed by atoms with E-state index >= 15 is 0 Å². The van der Waals surface area contributed by atoms with Gasteiger partial charge in [-0.15, -0.1) is 0 Å². The van der Waals surface area contributed by atoms with Crippen LogP contribution in [0, 0.1) is 5.92 Å². The lowest BCUT2D eigenvalue weighted by Gasteiger charge is -2.24. The molecule has 1 aromatic rings. The first kappa shape index (κ1) is 13.4. The fraction of sp³-hybridized carbons (Fsp3) is 0.600. The van der Waals surface area contributed by atoms with E-state index in [9.17, 15) is 0 Å². The molecule has 0 radical (unpaired) electrons. The molecule has 2 heterocycles. The van der Waals surface area contributed by atoms with E-state index in [1.807, 2.05) is 12.1 Å². The number of methoxy groups -OCH3 is 1. The molecule has 2 unspecified atom stereocenters. The third-order valence-corrected chi connectivity index (χ3v) is 4.80. The summed E-state index contributed by atoms with van der Waals surface area (Å²) in [6.07, 6.45) is 2.71. The highest BCUT2D eigenvalue weighted by molar-refractivity contribution is 9.10. The minimum Gasteiger partial charge on any atom is -0.496 e. The van der Waals surface area contributed by atoms with E-state index < -0.39 is 0 Å². The maximum Gasteiger partial charge on any atom is 0.123 e. The molecule has 0 bridgehead atoms. The standard InChI is InChI=1S/C15H21BrN2O/c1-19-15-5-4-13(16)7-12(15)9-18-8-11-3-2-6-17-14(11)10-18/h4-5,7,11,14,17H,2-3,6,8-10H2,1H3. The Hall–Kier alpha value is -0.580. The van der Waals surface area contributed by atoms with E-state index in [2.05, 4.69) is 32.2 Å². The number of hydrogen-bond acceptors (Lipinski definition) is 3. The summed E-state index contributed by atoms with van der Waals surface area (Å²) in [6.45, 7) is 4.56. The summed E-state index contributed by atoms with van der Waals surface area (Å²) in [5.41, 5.74) is 1.27. The van der Waals surface area contributed by atoms with Gasteiger partial charge in [-0.1, -0.05) is 15.9 Å². The van der Waals surface area contributed by atoms with Crippen LogP contribution in [-0.4, -0.2) is 37.7 Å². The molecule has 0 spiro atoms. The minimum absolute atomic E-state index is 0.701. The molecule has 1 N–H and O–H groups in total. The van der Waals surface area contributed by atoms with Crippen LogP contribution in [0.2, 0.25) is 0 Å². The number of ether oxygens (including phenoxy) is 1. The Balaban J connectivity index is 1.70. The van der Waals surface area contributed by atoms with E-state index in [4.69, 9.17) is 4.74 Å². The van der Waals surface area contributed by atoms with E-state index in [0.29, 0.717) is 6.04 Å². The van der Waals surface area contributed by atoms with E-state index in [1.54, 1.807) is 7.11 Å². The van der Waals surface area contributed by atoms with E-state index in [-0.39, 0.29) is 0 Å². The zero-order valence-corrected chi connectivity index (χ0v) is 12.9. The molecule has 0 amide bonds. The van der Waals surface area contributed by atoms with Gasteiger partial charge in [0.2, 0.25) is 0 Å². The van der Waals surface area contributed by atoms with Crippen molar-refractivity contribution in [2.24, 2.45) is 5.92 Å². The van der Waals surface area contributed by atoms with Crippen molar-refractivity contribution in [1.29, 1.82) is 0 Å². The van der Waals surface area contributed by atoms with Crippen LogP contribution in [0.25, 0.3) is 0 Å². The average molecular weight is 325 g/mol. The van der Waals surface area contributed by atoms with Gasteiger partial charge in [0, 0.05) is 35.7 Å². The van der Waals surface area contributed by atoms with Crippen LogP contribution in [0.3, 0.4) is 0 Å². The smallest absolute Gasteiger partial charge is 0.123 e. The lowest BCUT2D eigenvalue weighted by Crippen LogP contribution is -2.40. The van der Waals surface area contributed by atoms with Gasteiger partial charge < -0.3 is 10.1 Å². The van der Waals surface area contributed by atoms with Crippen molar-refractivity contribution in [3.8, 4) is 5.75 Å². The molecule has 2 atom stereocenters. The van der Waals surface area contributed by atoms with E-state index in [0.717, 1.165) is 22.7 Å². The highest BCUT2D eigenvalue weighted by atomic mass is 79.9. The summed E-state index contributed by atoms with van der Waals surface area (Å²) in [7, 11) is 1.75. The van der Waals surface area contributed by atoms with Crippen molar-refractivity contribution < 1.29 is 4.74 Å². The molecule has 3 nitrogen and oxygen atoms in total. The van der Waals surface area contributed by atoms with Gasteiger partial charge in [0.25, 0.3) is 0 Å². The van der Waals surface area contributed by atoms with Crippen LogP contribution < -0.4 is 10.1 Å². The number of benzene rings is 1. The zero-order valence-electron chi connectivity index (χ0n) is 11.4. The zero-order chi connectivity index (χ0) is 13.2. The maximum absolute atomic E-state index is 5.47. The van der Waals surface area contributed by atoms with Gasteiger partial charge in [0.15, 0.2) is 0 Å². The molecule has 1 aromatic carbocycles. The molecule has 19 heavy (non-hydrogen) atoms. The van der Waals surface area contributed by atoms with Gasteiger partial charge >= 0.3 is 0 Å². The predicted octanol–water partition coefficient (Wildman–Crippen LogP) is 2.64.